The molecule has 0 aromatic heterocycles. The normalized spacial score (nSPS) is 14.4. The van der Waals surface area contributed by atoms with Crippen LogP contribution >= 0.6 is 23.4 Å². The van der Waals surface area contributed by atoms with Crippen molar-refractivity contribution in [3.05, 3.63) is 29.3 Å². The molecule has 1 rings (SSSR count). The van der Waals surface area contributed by atoms with E-state index < -0.39 is 0 Å². The third kappa shape index (κ3) is 5.21. The van der Waals surface area contributed by atoms with Crippen molar-refractivity contribution < 1.29 is 0 Å². The highest BCUT2D eigenvalue weighted by atomic mass is 35.5. The van der Waals surface area contributed by atoms with Gasteiger partial charge in [0.05, 0.1) is 5.02 Å². The van der Waals surface area contributed by atoms with E-state index in [0.29, 0.717) is 12.0 Å². The molecule has 0 saturated carbocycles. The van der Waals surface area contributed by atoms with Crippen molar-refractivity contribution in [3.8, 4) is 0 Å². The molecule has 1 N–H and O–H groups in total. The summed E-state index contributed by atoms with van der Waals surface area (Å²) in [6.07, 6.45) is 2.53. The third-order valence-electron chi connectivity index (χ3n) is 3.15. The van der Waals surface area contributed by atoms with Crippen LogP contribution < -0.4 is 5.32 Å². The topological polar surface area (TPSA) is 12.0 Å². The Bertz CT molecular complexity index is 343. The first-order valence-electron chi connectivity index (χ1n) is 6.79. The minimum absolute atomic E-state index is 0.566. The average Bonchev–Trinajstić information content (AvgIpc) is 2.36. The Kier molecular flexibility index (Phi) is 7.80. The largest absolute Gasteiger partial charge is 0.313 e. The number of halogens is 1. The average molecular weight is 286 g/mol. The van der Waals surface area contributed by atoms with E-state index in [1.165, 1.54) is 17.7 Å². The van der Waals surface area contributed by atoms with E-state index in [1.807, 2.05) is 30.0 Å². The summed E-state index contributed by atoms with van der Waals surface area (Å²) in [4.78, 5) is 1.19. The van der Waals surface area contributed by atoms with E-state index in [1.54, 1.807) is 0 Å². The van der Waals surface area contributed by atoms with Crippen molar-refractivity contribution in [2.24, 2.45) is 5.92 Å². The second-order valence-corrected chi connectivity index (χ2v) is 6.14. The Morgan fingerprint density at radius 3 is 2.61 bits per heavy atom. The minimum Gasteiger partial charge on any atom is -0.313 e. The first kappa shape index (κ1) is 15.9. The van der Waals surface area contributed by atoms with Crippen molar-refractivity contribution in [1.82, 2.24) is 5.32 Å². The summed E-state index contributed by atoms with van der Waals surface area (Å²) >= 11 is 8.04. The summed E-state index contributed by atoms with van der Waals surface area (Å²) in [7, 11) is 0. The lowest BCUT2D eigenvalue weighted by atomic mass is 9.98. The van der Waals surface area contributed by atoms with E-state index in [0.717, 1.165) is 17.3 Å². The van der Waals surface area contributed by atoms with Gasteiger partial charge in [-0.3, -0.25) is 0 Å². The van der Waals surface area contributed by atoms with E-state index in [2.05, 4.69) is 32.2 Å². The van der Waals surface area contributed by atoms with Crippen LogP contribution in [0.1, 0.15) is 33.6 Å². The summed E-state index contributed by atoms with van der Waals surface area (Å²) < 4.78 is 0. The number of nitrogens with one attached hydrogen (secondary N) is 1. The molecule has 18 heavy (non-hydrogen) atoms. The molecule has 1 aromatic carbocycles. The maximum Gasteiger partial charge on any atom is 0.0541 e. The zero-order chi connectivity index (χ0) is 13.4. The summed E-state index contributed by atoms with van der Waals surface area (Å²) in [5, 5.41) is 4.45. The first-order chi connectivity index (χ1) is 8.69. The van der Waals surface area contributed by atoms with Crippen LogP contribution in [-0.4, -0.2) is 18.3 Å². The van der Waals surface area contributed by atoms with Crippen LogP contribution in [0.2, 0.25) is 5.02 Å². The monoisotopic (exact) mass is 285 g/mol. The van der Waals surface area contributed by atoms with E-state index in [4.69, 9.17) is 11.6 Å². The van der Waals surface area contributed by atoms with Gasteiger partial charge in [-0.25, -0.2) is 0 Å². The van der Waals surface area contributed by atoms with E-state index in [9.17, 15) is 0 Å². The molecule has 0 bridgehead atoms. The maximum absolute atomic E-state index is 6.18. The lowest BCUT2D eigenvalue weighted by Crippen LogP contribution is -2.37. The van der Waals surface area contributed by atoms with Crippen LogP contribution in [0.25, 0.3) is 0 Å². The lowest BCUT2D eigenvalue weighted by molar-refractivity contribution is 0.388. The summed E-state index contributed by atoms with van der Waals surface area (Å²) in [6.45, 7) is 7.79. The lowest BCUT2D eigenvalue weighted by Gasteiger charge is -2.24. The fourth-order valence-electron chi connectivity index (χ4n) is 2.08. The molecule has 2 atom stereocenters. The molecule has 102 valence electrons. The Morgan fingerprint density at radius 1 is 1.28 bits per heavy atom. The van der Waals surface area contributed by atoms with Crippen LogP contribution in [0.3, 0.4) is 0 Å². The highest BCUT2D eigenvalue weighted by Gasteiger charge is 2.16. The minimum atomic E-state index is 0.566. The molecule has 0 fully saturated rings. The van der Waals surface area contributed by atoms with Gasteiger partial charge in [0.2, 0.25) is 0 Å². The van der Waals surface area contributed by atoms with Crippen LogP contribution in [0.5, 0.6) is 0 Å². The van der Waals surface area contributed by atoms with Crippen molar-refractivity contribution in [3.63, 3.8) is 0 Å². The van der Waals surface area contributed by atoms with Gasteiger partial charge in [-0.1, -0.05) is 50.9 Å². The fraction of sp³-hybridized carbons (Fsp3) is 0.600. The van der Waals surface area contributed by atoms with Gasteiger partial charge in [-0.15, -0.1) is 11.8 Å². The molecule has 0 radical (unpaired) electrons. The van der Waals surface area contributed by atoms with Gasteiger partial charge < -0.3 is 5.32 Å². The molecule has 0 aliphatic rings. The first-order valence-corrected chi connectivity index (χ1v) is 8.16. The standard InChI is InChI=1S/C15H24ClNS/c1-4-8-12(3)14(17-5-2)11-18-15-10-7-6-9-13(15)16/h6-7,9-10,12,14,17H,4-5,8,11H2,1-3H3. The van der Waals surface area contributed by atoms with Crippen LogP contribution in [0.15, 0.2) is 29.2 Å². The van der Waals surface area contributed by atoms with Crippen LogP contribution in [-0.2, 0) is 0 Å². The number of benzene rings is 1. The zero-order valence-electron chi connectivity index (χ0n) is 11.6. The fourth-order valence-corrected chi connectivity index (χ4v) is 3.57. The highest BCUT2D eigenvalue weighted by molar-refractivity contribution is 7.99. The van der Waals surface area contributed by atoms with E-state index in [-0.39, 0.29) is 0 Å². The number of hydrogen-bond donors (Lipinski definition) is 1. The van der Waals surface area contributed by atoms with Gasteiger partial charge in [0, 0.05) is 16.7 Å². The highest BCUT2D eigenvalue weighted by Crippen LogP contribution is 2.28. The van der Waals surface area contributed by atoms with Gasteiger partial charge in [0.1, 0.15) is 0 Å². The Morgan fingerprint density at radius 2 is 2.00 bits per heavy atom. The molecule has 1 aromatic rings. The molecular formula is C15H24ClNS. The molecule has 0 spiro atoms. The number of rotatable bonds is 8. The Hall–Kier alpha value is -0.180. The van der Waals surface area contributed by atoms with Crippen LogP contribution in [0, 0.1) is 5.92 Å². The Labute approximate surface area is 121 Å². The molecule has 1 nitrogen and oxygen atoms in total. The molecule has 3 heteroatoms. The zero-order valence-corrected chi connectivity index (χ0v) is 13.2. The van der Waals surface area contributed by atoms with E-state index >= 15 is 0 Å². The van der Waals surface area contributed by atoms with Gasteiger partial charge in [-0.2, -0.15) is 0 Å². The van der Waals surface area contributed by atoms with Crippen molar-refractivity contribution >= 4 is 23.4 Å². The third-order valence-corrected chi connectivity index (χ3v) is 4.79. The summed E-state index contributed by atoms with van der Waals surface area (Å²) in [5.41, 5.74) is 0. The molecule has 0 heterocycles. The van der Waals surface area contributed by atoms with Gasteiger partial charge in [0.15, 0.2) is 0 Å². The predicted octanol–water partition coefficient (Wildman–Crippen LogP) is 4.85. The maximum atomic E-state index is 6.18. The van der Waals surface area contributed by atoms with Gasteiger partial charge in [0.25, 0.3) is 0 Å². The smallest absolute Gasteiger partial charge is 0.0541 e. The number of thioether (sulfide) groups is 1. The molecule has 0 aliphatic carbocycles. The Balaban J connectivity index is 2.54. The second-order valence-electron chi connectivity index (χ2n) is 4.67. The summed E-state index contributed by atoms with van der Waals surface area (Å²) in [6, 6.07) is 8.65. The molecule has 2 unspecified atom stereocenters. The SMILES string of the molecule is CCCC(C)C(CSc1ccccc1Cl)NCC. The molecule has 0 amide bonds. The van der Waals surface area contributed by atoms with Gasteiger partial charge >= 0.3 is 0 Å². The molecular weight excluding hydrogens is 262 g/mol. The van der Waals surface area contributed by atoms with Gasteiger partial charge in [-0.05, 0) is 31.0 Å². The van der Waals surface area contributed by atoms with Crippen molar-refractivity contribution in [1.29, 1.82) is 0 Å². The second kappa shape index (κ2) is 8.84. The van der Waals surface area contributed by atoms with Crippen LogP contribution in [0.4, 0.5) is 0 Å². The number of hydrogen-bond acceptors (Lipinski definition) is 2. The quantitative estimate of drug-likeness (QED) is 0.686. The molecule has 0 saturated heterocycles. The van der Waals surface area contributed by atoms with Crippen molar-refractivity contribution in [2.75, 3.05) is 12.3 Å². The predicted molar refractivity (Wildman–Crippen MR) is 83.7 cm³/mol. The molecule has 0 aliphatic heterocycles. The van der Waals surface area contributed by atoms with Crippen molar-refractivity contribution in [2.45, 2.75) is 44.6 Å². The summed E-state index contributed by atoms with van der Waals surface area (Å²) in [5.74, 6) is 1.79.